The van der Waals surface area contributed by atoms with Gasteiger partial charge in [-0.05, 0) is 30.5 Å². The number of nitrogens with one attached hydrogen (secondary N) is 1. The second-order valence-corrected chi connectivity index (χ2v) is 4.43. The molecule has 0 saturated carbocycles. The third-order valence-corrected chi connectivity index (χ3v) is 2.99. The summed E-state index contributed by atoms with van der Waals surface area (Å²) in [4.78, 5) is 0. The maximum absolute atomic E-state index is 12.9. The van der Waals surface area contributed by atoms with Crippen LogP contribution in [-0.4, -0.2) is 15.0 Å². The molecule has 1 atom stereocenters. The van der Waals surface area contributed by atoms with Crippen LogP contribution in [-0.2, 0) is 13.0 Å². The Hall–Kier alpha value is -1.79. The molecular weight excluding hydrogens is 245 g/mol. The van der Waals surface area contributed by atoms with Crippen LogP contribution in [0.4, 0.5) is 4.39 Å². The molecule has 0 saturated heterocycles. The van der Waals surface area contributed by atoms with Gasteiger partial charge in [-0.3, -0.25) is 11.3 Å². The van der Waals surface area contributed by atoms with Gasteiger partial charge in [0.25, 0.3) is 0 Å². The highest BCUT2D eigenvalue weighted by Crippen LogP contribution is 2.17. The Morgan fingerprint density at radius 2 is 2.11 bits per heavy atom. The molecule has 5 nitrogen and oxygen atoms in total. The molecular formula is C13H18FN5. The lowest BCUT2D eigenvalue weighted by Gasteiger charge is -2.16. The minimum atomic E-state index is -0.237. The molecule has 0 bridgehead atoms. The van der Waals surface area contributed by atoms with Crippen LogP contribution in [0.1, 0.15) is 30.6 Å². The monoisotopic (exact) mass is 263 g/mol. The van der Waals surface area contributed by atoms with E-state index in [2.05, 4.69) is 22.7 Å². The lowest BCUT2D eigenvalue weighted by molar-refractivity contribution is 0.473. The lowest BCUT2D eigenvalue weighted by atomic mass is 10.0. The zero-order valence-corrected chi connectivity index (χ0v) is 10.9. The van der Waals surface area contributed by atoms with Gasteiger partial charge in [-0.25, -0.2) is 9.07 Å². The molecule has 1 unspecified atom stereocenters. The third kappa shape index (κ3) is 3.36. The van der Waals surface area contributed by atoms with E-state index in [0.717, 1.165) is 24.2 Å². The summed E-state index contributed by atoms with van der Waals surface area (Å²) in [5.41, 5.74) is 4.72. The highest BCUT2D eigenvalue weighted by atomic mass is 19.1. The molecule has 0 aliphatic heterocycles. The van der Waals surface area contributed by atoms with Gasteiger partial charge >= 0.3 is 0 Å². The molecule has 1 aromatic heterocycles. The molecule has 3 N–H and O–H groups in total. The molecule has 2 rings (SSSR count). The maximum atomic E-state index is 12.9. The van der Waals surface area contributed by atoms with Crippen LogP contribution < -0.4 is 11.3 Å². The number of hydrazine groups is 1. The van der Waals surface area contributed by atoms with Crippen molar-refractivity contribution in [3.63, 3.8) is 0 Å². The molecule has 19 heavy (non-hydrogen) atoms. The summed E-state index contributed by atoms with van der Waals surface area (Å²) < 4.78 is 14.7. The summed E-state index contributed by atoms with van der Waals surface area (Å²) in [5, 5.41) is 7.96. The van der Waals surface area contributed by atoms with E-state index in [-0.39, 0.29) is 11.9 Å². The van der Waals surface area contributed by atoms with Gasteiger partial charge in [-0.2, -0.15) is 0 Å². The molecule has 1 heterocycles. The average molecular weight is 263 g/mol. The van der Waals surface area contributed by atoms with E-state index in [1.165, 1.54) is 12.1 Å². The molecule has 0 aliphatic carbocycles. The van der Waals surface area contributed by atoms with Gasteiger partial charge in [0, 0.05) is 6.54 Å². The summed E-state index contributed by atoms with van der Waals surface area (Å²) in [7, 11) is 0. The van der Waals surface area contributed by atoms with Gasteiger partial charge in [0.2, 0.25) is 0 Å². The number of aromatic nitrogens is 3. The summed E-state index contributed by atoms with van der Waals surface area (Å²) in [5.74, 6) is 5.38. The minimum Gasteiger partial charge on any atom is -0.271 e. The van der Waals surface area contributed by atoms with Crippen molar-refractivity contribution in [1.82, 2.24) is 20.4 Å². The van der Waals surface area contributed by atoms with Gasteiger partial charge in [-0.15, -0.1) is 5.10 Å². The topological polar surface area (TPSA) is 68.8 Å². The molecule has 0 radical (unpaired) electrons. The van der Waals surface area contributed by atoms with E-state index in [4.69, 9.17) is 5.84 Å². The Morgan fingerprint density at radius 1 is 1.37 bits per heavy atom. The fraction of sp³-hybridized carbons (Fsp3) is 0.385. The van der Waals surface area contributed by atoms with Crippen molar-refractivity contribution in [1.29, 1.82) is 0 Å². The molecule has 0 amide bonds. The van der Waals surface area contributed by atoms with Crippen LogP contribution >= 0.6 is 0 Å². The zero-order chi connectivity index (χ0) is 13.7. The Labute approximate surface area is 111 Å². The Balaban J connectivity index is 2.15. The van der Waals surface area contributed by atoms with Crippen LogP contribution in [0.5, 0.6) is 0 Å². The number of hydrogen-bond donors (Lipinski definition) is 2. The zero-order valence-electron chi connectivity index (χ0n) is 10.9. The van der Waals surface area contributed by atoms with Crippen molar-refractivity contribution in [2.75, 3.05) is 0 Å². The lowest BCUT2D eigenvalue weighted by Crippen LogP contribution is -2.31. The van der Waals surface area contributed by atoms with Crippen molar-refractivity contribution in [3.05, 3.63) is 47.5 Å². The van der Waals surface area contributed by atoms with Gasteiger partial charge in [-0.1, -0.05) is 24.3 Å². The van der Waals surface area contributed by atoms with E-state index < -0.39 is 0 Å². The number of nitrogens with zero attached hydrogens (tertiary/aromatic N) is 3. The van der Waals surface area contributed by atoms with E-state index in [0.29, 0.717) is 6.42 Å². The standard InChI is InChI=1S/C13H18FN5/c1-2-7-19-13(9-16-18-19)12(17-15)8-10-3-5-11(14)6-4-10/h3-6,9,12,17H,2,7-8,15H2,1H3. The van der Waals surface area contributed by atoms with Crippen LogP contribution in [0.2, 0.25) is 0 Å². The molecule has 102 valence electrons. The predicted molar refractivity (Wildman–Crippen MR) is 70.5 cm³/mol. The largest absolute Gasteiger partial charge is 0.271 e. The molecule has 1 aromatic carbocycles. The van der Waals surface area contributed by atoms with E-state index in [9.17, 15) is 4.39 Å². The normalized spacial score (nSPS) is 12.6. The van der Waals surface area contributed by atoms with Gasteiger partial charge in [0.05, 0.1) is 17.9 Å². The highest BCUT2D eigenvalue weighted by Gasteiger charge is 2.16. The molecule has 0 spiro atoms. The van der Waals surface area contributed by atoms with E-state index in [1.807, 2.05) is 4.68 Å². The molecule has 2 aromatic rings. The van der Waals surface area contributed by atoms with E-state index in [1.54, 1.807) is 18.3 Å². The van der Waals surface area contributed by atoms with Gasteiger partial charge in [0.1, 0.15) is 5.82 Å². The van der Waals surface area contributed by atoms with Crippen molar-refractivity contribution >= 4 is 0 Å². The Morgan fingerprint density at radius 3 is 2.74 bits per heavy atom. The first kappa shape index (κ1) is 13.6. The van der Waals surface area contributed by atoms with Crippen LogP contribution in [0, 0.1) is 5.82 Å². The summed E-state index contributed by atoms with van der Waals surface area (Å²) in [6.45, 7) is 2.88. The quantitative estimate of drug-likeness (QED) is 0.613. The first-order chi connectivity index (χ1) is 9.24. The van der Waals surface area contributed by atoms with Crippen molar-refractivity contribution in [3.8, 4) is 0 Å². The summed E-state index contributed by atoms with van der Waals surface area (Å²) in [6.07, 6.45) is 3.35. The first-order valence-corrected chi connectivity index (χ1v) is 6.33. The Bertz CT molecular complexity index is 508. The third-order valence-electron chi connectivity index (χ3n) is 2.99. The average Bonchev–Trinajstić information content (AvgIpc) is 2.87. The van der Waals surface area contributed by atoms with Crippen LogP contribution in [0.25, 0.3) is 0 Å². The van der Waals surface area contributed by atoms with Gasteiger partial charge < -0.3 is 0 Å². The number of aryl methyl sites for hydroxylation is 1. The van der Waals surface area contributed by atoms with E-state index >= 15 is 0 Å². The smallest absolute Gasteiger partial charge is 0.123 e. The molecule has 0 aliphatic rings. The maximum Gasteiger partial charge on any atom is 0.123 e. The predicted octanol–water partition coefficient (Wildman–Crippen LogP) is 1.57. The summed E-state index contributed by atoms with van der Waals surface area (Å²) >= 11 is 0. The fourth-order valence-electron chi connectivity index (χ4n) is 2.03. The van der Waals surface area contributed by atoms with Crippen molar-refractivity contribution < 1.29 is 4.39 Å². The molecule has 6 heteroatoms. The van der Waals surface area contributed by atoms with Gasteiger partial charge in [0.15, 0.2) is 0 Å². The van der Waals surface area contributed by atoms with Crippen LogP contribution in [0.15, 0.2) is 30.5 Å². The molecule has 0 fully saturated rings. The summed E-state index contributed by atoms with van der Waals surface area (Å²) in [6, 6.07) is 6.32. The Kier molecular flexibility index (Phi) is 4.59. The number of rotatable bonds is 6. The number of nitrogens with two attached hydrogens (primary N) is 1. The minimum absolute atomic E-state index is 0.0907. The highest BCUT2D eigenvalue weighted by molar-refractivity contribution is 5.19. The number of benzene rings is 1. The SMILES string of the molecule is CCCn1nncc1C(Cc1ccc(F)cc1)NN. The second kappa shape index (κ2) is 6.40. The first-order valence-electron chi connectivity index (χ1n) is 6.33. The van der Waals surface area contributed by atoms with Crippen molar-refractivity contribution in [2.45, 2.75) is 32.4 Å². The number of halogens is 1. The van der Waals surface area contributed by atoms with Crippen molar-refractivity contribution in [2.24, 2.45) is 5.84 Å². The van der Waals surface area contributed by atoms with Crippen LogP contribution in [0.3, 0.4) is 0 Å². The number of hydrogen-bond acceptors (Lipinski definition) is 4. The fourth-order valence-corrected chi connectivity index (χ4v) is 2.03. The second-order valence-electron chi connectivity index (χ2n) is 4.43.